The Morgan fingerprint density at radius 2 is 2.11 bits per heavy atom. The number of amides is 1. The van der Waals surface area contributed by atoms with Gasteiger partial charge in [0.25, 0.3) is 0 Å². The van der Waals surface area contributed by atoms with Crippen LogP contribution in [0.15, 0.2) is 39.4 Å². The smallest absolute Gasteiger partial charge is 0.239 e. The number of hydrogen-bond acceptors (Lipinski definition) is 7. The summed E-state index contributed by atoms with van der Waals surface area (Å²) in [6, 6.07) is 9.38. The van der Waals surface area contributed by atoms with Crippen molar-refractivity contribution in [2.24, 2.45) is 0 Å². The number of hydrogen-bond donors (Lipinski definition) is 1. The number of benzene rings is 1. The number of ether oxygens (including phenoxy) is 1. The van der Waals surface area contributed by atoms with Gasteiger partial charge in [-0.1, -0.05) is 22.4 Å². The zero-order chi connectivity index (χ0) is 18.4. The summed E-state index contributed by atoms with van der Waals surface area (Å²) in [4.78, 5) is 12.9. The number of anilines is 1. The molecule has 5 rings (SSSR count). The maximum atomic E-state index is 12.9. The van der Waals surface area contributed by atoms with E-state index >= 15 is 0 Å². The van der Waals surface area contributed by atoms with Crippen molar-refractivity contribution in [2.45, 2.75) is 29.8 Å². The van der Waals surface area contributed by atoms with Gasteiger partial charge >= 0.3 is 0 Å². The quantitative estimate of drug-likeness (QED) is 0.717. The zero-order valence-corrected chi connectivity index (χ0v) is 15.5. The van der Waals surface area contributed by atoms with Gasteiger partial charge in [0.2, 0.25) is 11.8 Å². The van der Waals surface area contributed by atoms with Crippen molar-refractivity contribution in [2.75, 3.05) is 12.4 Å². The lowest BCUT2D eigenvalue weighted by Gasteiger charge is -2.10. The average molecular weight is 383 g/mol. The van der Waals surface area contributed by atoms with Crippen LogP contribution in [0.4, 0.5) is 5.88 Å². The van der Waals surface area contributed by atoms with Gasteiger partial charge in [0, 0.05) is 23.1 Å². The molecule has 0 radical (unpaired) electrons. The van der Waals surface area contributed by atoms with E-state index in [1.165, 1.54) is 0 Å². The monoisotopic (exact) mass is 383 g/mol. The van der Waals surface area contributed by atoms with Gasteiger partial charge in [0.15, 0.2) is 5.76 Å². The predicted octanol–water partition coefficient (Wildman–Crippen LogP) is 3.76. The Balaban J connectivity index is 1.39. The summed E-state index contributed by atoms with van der Waals surface area (Å²) in [6.45, 7) is 0. The van der Waals surface area contributed by atoms with Crippen molar-refractivity contribution in [3.05, 3.63) is 47.3 Å². The van der Waals surface area contributed by atoms with Crippen LogP contribution in [0.2, 0.25) is 0 Å². The minimum atomic E-state index is -0.661. The van der Waals surface area contributed by atoms with E-state index in [0.717, 1.165) is 46.9 Å². The van der Waals surface area contributed by atoms with Crippen molar-refractivity contribution >= 4 is 23.6 Å². The van der Waals surface area contributed by atoms with Crippen molar-refractivity contribution in [3.8, 4) is 17.1 Å². The third kappa shape index (κ3) is 2.71. The molecule has 8 heteroatoms. The molecule has 1 saturated carbocycles. The molecule has 138 valence electrons. The van der Waals surface area contributed by atoms with Crippen LogP contribution in [0.5, 0.6) is 5.75 Å². The molecule has 3 heterocycles. The summed E-state index contributed by atoms with van der Waals surface area (Å²) in [6.07, 6.45) is 1.46. The third-order valence-electron chi connectivity index (χ3n) is 5.12. The average Bonchev–Trinajstić information content (AvgIpc) is 3.04. The normalized spacial score (nSPS) is 16.8. The van der Waals surface area contributed by atoms with Crippen LogP contribution in [0.1, 0.15) is 29.8 Å². The highest BCUT2D eigenvalue weighted by Crippen LogP contribution is 2.49. The Morgan fingerprint density at radius 1 is 1.22 bits per heavy atom. The molecule has 3 aromatic rings. The highest BCUT2D eigenvalue weighted by Gasteiger charge is 2.54. The number of carbonyl (C=O) groups is 1. The van der Waals surface area contributed by atoms with Gasteiger partial charge in [-0.05, 0) is 25.0 Å². The van der Waals surface area contributed by atoms with E-state index in [0.29, 0.717) is 17.3 Å². The lowest BCUT2D eigenvalue weighted by Crippen LogP contribution is -2.28. The Bertz CT molecular complexity index is 1020. The van der Waals surface area contributed by atoms with Crippen LogP contribution in [0.25, 0.3) is 11.3 Å². The van der Waals surface area contributed by atoms with E-state index < -0.39 is 5.41 Å². The van der Waals surface area contributed by atoms with Crippen molar-refractivity contribution < 1.29 is 18.6 Å². The lowest BCUT2D eigenvalue weighted by molar-refractivity contribution is -0.118. The molecule has 1 fully saturated rings. The third-order valence-corrected chi connectivity index (χ3v) is 6.09. The predicted molar refractivity (Wildman–Crippen MR) is 99.5 cm³/mol. The van der Waals surface area contributed by atoms with Gasteiger partial charge in [-0.25, -0.2) is 0 Å². The number of methoxy groups -OCH3 is 1. The first-order valence-corrected chi connectivity index (χ1v) is 9.83. The van der Waals surface area contributed by atoms with Crippen molar-refractivity contribution in [3.63, 3.8) is 0 Å². The van der Waals surface area contributed by atoms with Crippen LogP contribution in [0, 0.1) is 0 Å². The van der Waals surface area contributed by atoms with E-state index in [-0.39, 0.29) is 5.91 Å². The van der Waals surface area contributed by atoms with Crippen LogP contribution >= 0.6 is 11.8 Å². The van der Waals surface area contributed by atoms with Gasteiger partial charge in [-0.3, -0.25) is 10.1 Å². The second kappa shape index (κ2) is 6.16. The molecule has 1 aromatic carbocycles. The zero-order valence-electron chi connectivity index (χ0n) is 14.7. The van der Waals surface area contributed by atoms with E-state index in [1.54, 1.807) is 18.9 Å². The molecule has 1 N–H and O–H groups in total. The molecule has 1 aliphatic carbocycles. The number of aromatic nitrogens is 2. The van der Waals surface area contributed by atoms with E-state index in [9.17, 15) is 4.79 Å². The highest BCUT2D eigenvalue weighted by molar-refractivity contribution is 7.98. The Morgan fingerprint density at radius 3 is 2.93 bits per heavy atom. The summed E-state index contributed by atoms with van der Waals surface area (Å²) < 4.78 is 16.1. The molecular weight excluding hydrogens is 366 g/mol. The van der Waals surface area contributed by atoms with E-state index in [1.807, 2.05) is 30.3 Å². The first kappa shape index (κ1) is 16.4. The first-order chi connectivity index (χ1) is 13.2. The standard InChI is InChI=1S/C19H17N3O4S/c1-24-12-4-2-3-11(7-12)15-8-16(22-25-15)19(5-6-19)18(23)20-17-13-9-27-10-14(13)21-26-17/h2-4,7-8H,5-6,9-10H2,1H3,(H,20,23). The molecule has 0 spiro atoms. The Labute approximate surface area is 159 Å². The SMILES string of the molecule is COc1cccc(-c2cc(C3(C(=O)Nc4onc5c4CSC5)CC3)no2)c1. The lowest BCUT2D eigenvalue weighted by atomic mass is 10.00. The van der Waals surface area contributed by atoms with Gasteiger partial charge < -0.3 is 13.8 Å². The van der Waals surface area contributed by atoms with Crippen LogP contribution in [-0.2, 0) is 21.7 Å². The topological polar surface area (TPSA) is 90.4 Å². The number of rotatable bonds is 5. The maximum Gasteiger partial charge on any atom is 0.239 e. The van der Waals surface area contributed by atoms with Gasteiger partial charge in [0.1, 0.15) is 5.75 Å². The van der Waals surface area contributed by atoms with Crippen molar-refractivity contribution in [1.29, 1.82) is 0 Å². The summed E-state index contributed by atoms with van der Waals surface area (Å²) in [5.74, 6) is 3.33. The first-order valence-electron chi connectivity index (χ1n) is 8.68. The second-order valence-corrected chi connectivity index (χ2v) is 7.76. The number of nitrogens with zero attached hydrogens (tertiary/aromatic N) is 2. The summed E-state index contributed by atoms with van der Waals surface area (Å²) in [5, 5.41) is 11.1. The van der Waals surface area contributed by atoms with Gasteiger partial charge in [0.05, 0.1) is 29.5 Å². The van der Waals surface area contributed by atoms with Crippen molar-refractivity contribution in [1.82, 2.24) is 10.3 Å². The molecule has 7 nitrogen and oxygen atoms in total. The molecule has 1 amide bonds. The minimum Gasteiger partial charge on any atom is -0.497 e. The fourth-order valence-corrected chi connectivity index (χ4v) is 4.34. The molecule has 1 aliphatic heterocycles. The fraction of sp³-hybridized carbons (Fsp3) is 0.316. The molecule has 0 bridgehead atoms. The molecule has 0 saturated heterocycles. The molecule has 2 aromatic heterocycles. The number of carbonyl (C=O) groups excluding carboxylic acids is 1. The summed E-state index contributed by atoms with van der Waals surface area (Å²) in [7, 11) is 1.62. The Kier molecular flexibility index (Phi) is 3.75. The maximum absolute atomic E-state index is 12.9. The minimum absolute atomic E-state index is 0.121. The van der Waals surface area contributed by atoms with Crippen LogP contribution < -0.4 is 10.1 Å². The largest absolute Gasteiger partial charge is 0.497 e. The summed E-state index contributed by atoms with van der Waals surface area (Å²) in [5.41, 5.74) is 2.74. The Hall–Kier alpha value is -2.74. The molecule has 27 heavy (non-hydrogen) atoms. The van der Waals surface area contributed by atoms with E-state index in [4.69, 9.17) is 13.8 Å². The number of thioether (sulfide) groups is 1. The molecule has 0 atom stereocenters. The summed E-state index contributed by atoms with van der Waals surface area (Å²) >= 11 is 1.76. The van der Waals surface area contributed by atoms with Crippen LogP contribution in [-0.4, -0.2) is 23.3 Å². The van der Waals surface area contributed by atoms with Gasteiger partial charge in [-0.2, -0.15) is 11.8 Å². The second-order valence-electron chi connectivity index (χ2n) is 6.77. The number of nitrogens with one attached hydrogen (secondary N) is 1. The fourth-order valence-electron chi connectivity index (χ4n) is 3.31. The molecule has 0 unspecified atom stereocenters. The van der Waals surface area contributed by atoms with E-state index in [2.05, 4.69) is 15.6 Å². The molecule has 2 aliphatic rings. The highest BCUT2D eigenvalue weighted by atomic mass is 32.2. The molecular formula is C19H17N3O4S. The number of fused-ring (bicyclic) bond motifs is 1. The van der Waals surface area contributed by atoms with Crippen LogP contribution in [0.3, 0.4) is 0 Å². The van der Waals surface area contributed by atoms with Gasteiger partial charge in [-0.15, -0.1) is 0 Å².